The molecule has 0 unspecified atom stereocenters. The Hall–Kier alpha value is -2.06. The average molecular weight is 521 g/mol. The first-order valence-electron chi connectivity index (χ1n) is 10.7. The molecule has 2 aromatic carbocycles. The number of nitrogens with zero attached hydrogens (tertiary/aromatic N) is 1. The van der Waals surface area contributed by atoms with E-state index in [1.165, 1.54) is 29.5 Å². The molecule has 172 valence electrons. The van der Waals surface area contributed by atoms with Gasteiger partial charge in [0, 0.05) is 27.4 Å². The summed E-state index contributed by atoms with van der Waals surface area (Å²) in [6.45, 7) is 0. The van der Waals surface area contributed by atoms with Crippen molar-refractivity contribution in [2.45, 2.75) is 37.0 Å². The normalized spacial score (nSPS) is 14.1. The highest BCUT2D eigenvalue weighted by atomic mass is 35.5. The van der Waals surface area contributed by atoms with Crippen molar-refractivity contribution in [2.24, 2.45) is 5.92 Å². The van der Waals surface area contributed by atoms with Gasteiger partial charge >= 0.3 is 0 Å². The molecule has 1 aliphatic carbocycles. The molecule has 4 rings (SSSR count). The van der Waals surface area contributed by atoms with E-state index < -0.39 is 0 Å². The SMILES string of the molecule is O=C(CSc1cccc(NC(=O)C2CCCCC2)c1)Nc1nc(-c2ccc(Cl)c(Cl)c2)cs1. The predicted octanol–water partition coefficient (Wildman–Crippen LogP) is 7.37. The Bertz CT molecular complexity index is 1150. The summed E-state index contributed by atoms with van der Waals surface area (Å²) in [7, 11) is 0. The lowest BCUT2D eigenvalue weighted by atomic mass is 9.88. The largest absolute Gasteiger partial charge is 0.326 e. The van der Waals surface area contributed by atoms with Crippen molar-refractivity contribution >= 4 is 68.9 Å². The van der Waals surface area contributed by atoms with Gasteiger partial charge in [0.25, 0.3) is 0 Å². The zero-order chi connectivity index (χ0) is 23.2. The quantitative estimate of drug-likeness (QED) is 0.319. The minimum Gasteiger partial charge on any atom is -0.326 e. The van der Waals surface area contributed by atoms with Gasteiger partial charge in [-0.1, -0.05) is 54.6 Å². The second-order valence-electron chi connectivity index (χ2n) is 7.86. The van der Waals surface area contributed by atoms with Crippen LogP contribution >= 0.6 is 46.3 Å². The molecule has 3 aromatic rings. The summed E-state index contributed by atoms with van der Waals surface area (Å²) in [5, 5.41) is 9.19. The molecule has 1 heterocycles. The molecule has 5 nitrogen and oxygen atoms in total. The Morgan fingerprint density at radius 1 is 1.03 bits per heavy atom. The second-order valence-corrected chi connectivity index (χ2v) is 10.6. The highest BCUT2D eigenvalue weighted by molar-refractivity contribution is 8.00. The number of thioether (sulfide) groups is 1. The summed E-state index contributed by atoms with van der Waals surface area (Å²) in [6.07, 6.45) is 5.39. The standard InChI is InChI=1S/C24H23Cl2N3O2S2/c25-19-10-9-16(11-20(19)26)21-13-33-24(28-21)29-22(30)14-32-18-8-4-7-17(12-18)27-23(31)15-5-2-1-3-6-15/h4,7-13,15H,1-3,5-6,14H2,(H,27,31)(H,28,29,30). The van der Waals surface area contributed by atoms with E-state index in [4.69, 9.17) is 23.2 Å². The summed E-state index contributed by atoms with van der Waals surface area (Å²) in [6, 6.07) is 12.9. The summed E-state index contributed by atoms with van der Waals surface area (Å²) >= 11 is 14.8. The topological polar surface area (TPSA) is 71.1 Å². The van der Waals surface area contributed by atoms with Gasteiger partial charge in [0.2, 0.25) is 11.8 Å². The zero-order valence-electron chi connectivity index (χ0n) is 17.8. The van der Waals surface area contributed by atoms with Crippen LogP contribution in [0.25, 0.3) is 11.3 Å². The van der Waals surface area contributed by atoms with Gasteiger partial charge < -0.3 is 10.6 Å². The Morgan fingerprint density at radius 2 is 1.85 bits per heavy atom. The van der Waals surface area contributed by atoms with E-state index >= 15 is 0 Å². The maximum atomic E-state index is 12.5. The number of hydrogen-bond acceptors (Lipinski definition) is 5. The van der Waals surface area contributed by atoms with Crippen molar-refractivity contribution in [1.82, 2.24) is 4.98 Å². The van der Waals surface area contributed by atoms with Crippen LogP contribution in [-0.4, -0.2) is 22.6 Å². The highest BCUT2D eigenvalue weighted by Crippen LogP contribution is 2.31. The number of rotatable bonds is 7. The van der Waals surface area contributed by atoms with Crippen LogP contribution in [0.5, 0.6) is 0 Å². The Morgan fingerprint density at radius 3 is 2.64 bits per heavy atom. The first-order valence-corrected chi connectivity index (χ1v) is 13.3. The molecule has 1 saturated carbocycles. The van der Waals surface area contributed by atoms with Crippen LogP contribution in [-0.2, 0) is 9.59 Å². The van der Waals surface area contributed by atoms with Crippen LogP contribution in [0.15, 0.2) is 52.7 Å². The summed E-state index contributed by atoms with van der Waals surface area (Å²) < 4.78 is 0. The van der Waals surface area contributed by atoms with Crippen molar-refractivity contribution in [2.75, 3.05) is 16.4 Å². The number of amides is 2. The van der Waals surface area contributed by atoms with Gasteiger partial charge in [0.05, 0.1) is 21.5 Å². The molecule has 1 aliphatic rings. The number of hydrogen-bond donors (Lipinski definition) is 2. The number of benzene rings is 2. The number of thiazole rings is 1. The van der Waals surface area contributed by atoms with E-state index in [0.29, 0.717) is 15.2 Å². The lowest BCUT2D eigenvalue weighted by Gasteiger charge is -2.20. The first-order chi connectivity index (χ1) is 16.0. The molecule has 33 heavy (non-hydrogen) atoms. The highest BCUT2D eigenvalue weighted by Gasteiger charge is 2.21. The zero-order valence-corrected chi connectivity index (χ0v) is 20.9. The third-order valence-electron chi connectivity index (χ3n) is 5.41. The fourth-order valence-corrected chi connectivity index (χ4v) is 5.49. The van der Waals surface area contributed by atoms with Gasteiger partial charge in [-0.15, -0.1) is 23.1 Å². The molecule has 2 amide bonds. The monoisotopic (exact) mass is 519 g/mol. The van der Waals surface area contributed by atoms with E-state index in [1.54, 1.807) is 12.1 Å². The van der Waals surface area contributed by atoms with Crippen LogP contribution in [0.1, 0.15) is 32.1 Å². The molecule has 0 spiro atoms. The molecule has 0 radical (unpaired) electrons. The lowest BCUT2D eigenvalue weighted by molar-refractivity contribution is -0.120. The second kappa shape index (κ2) is 11.4. The van der Waals surface area contributed by atoms with Crippen LogP contribution in [0.4, 0.5) is 10.8 Å². The van der Waals surface area contributed by atoms with Gasteiger partial charge in [0.1, 0.15) is 0 Å². The smallest absolute Gasteiger partial charge is 0.236 e. The summed E-state index contributed by atoms with van der Waals surface area (Å²) in [5.41, 5.74) is 2.33. The lowest BCUT2D eigenvalue weighted by Crippen LogP contribution is -2.24. The van der Waals surface area contributed by atoms with Gasteiger partial charge in [-0.2, -0.15) is 0 Å². The fraction of sp³-hybridized carbons (Fsp3) is 0.292. The van der Waals surface area contributed by atoms with Crippen LogP contribution < -0.4 is 10.6 Å². The van der Waals surface area contributed by atoms with E-state index in [9.17, 15) is 9.59 Å². The number of nitrogens with one attached hydrogen (secondary N) is 2. The van der Waals surface area contributed by atoms with E-state index in [-0.39, 0.29) is 23.5 Å². The Kier molecular flexibility index (Phi) is 8.30. The number of anilines is 2. The van der Waals surface area contributed by atoms with Gasteiger partial charge in [-0.05, 0) is 43.2 Å². The first kappa shape index (κ1) is 24.1. The maximum absolute atomic E-state index is 12.5. The van der Waals surface area contributed by atoms with Crippen LogP contribution in [0.2, 0.25) is 10.0 Å². The minimum atomic E-state index is -0.147. The maximum Gasteiger partial charge on any atom is 0.236 e. The molecule has 0 saturated heterocycles. The molecule has 0 aliphatic heterocycles. The number of carbonyl (C=O) groups is 2. The summed E-state index contributed by atoms with van der Waals surface area (Å²) in [4.78, 5) is 30.3. The molecule has 1 aromatic heterocycles. The molecule has 9 heteroatoms. The third kappa shape index (κ3) is 6.73. The average Bonchev–Trinajstić information content (AvgIpc) is 3.29. The molecule has 0 bridgehead atoms. The number of aromatic nitrogens is 1. The fourth-order valence-electron chi connectivity index (χ4n) is 3.70. The van der Waals surface area contributed by atoms with Gasteiger partial charge in [0.15, 0.2) is 5.13 Å². The van der Waals surface area contributed by atoms with Crippen LogP contribution in [0.3, 0.4) is 0 Å². The van der Waals surface area contributed by atoms with E-state index in [2.05, 4.69) is 15.6 Å². The molecule has 1 fully saturated rings. The van der Waals surface area contributed by atoms with E-state index in [1.807, 2.05) is 35.7 Å². The Balaban J connectivity index is 1.29. The van der Waals surface area contributed by atoms with E-state index in [0.717, 1.165) is 47.5 Å². The van der Waals surface area contributed by atoms with Gasteiger partial charge in [-0.25, -0.2) is 4.98 Å². The van der Waals surface area contributed by atoms with Crippen molar-refractivity contribution in [3.63, 3.8) is 0 Å². The van der Waals surface area contributed by atoms with Gasteiger partial charge in [-0.3, -0.25) is 9.59 Å². The Labute approximate surface area is 211 Å². The molecule has 2 N–H and O–H groups in total. The molecular formula is C24H23Cl2N3O2S2. The minimum absolute atomic E-state index is 0.0936. The predicted molar refractivity (Wildman–Crippen MR) is 139 cm³/mol. The van der Waals surface area contributed by atoms with Crippen molar-refractivity contribution in [1.29, 1.82) is 0 Å². The van der Waals surface area contributed by atoms with Crippen LogP contribution in [0, 0.1) is 5.92 Å². The molecule has 0 atom stereocenters. The van der Waals surface area contributed by atoms with Crippen molar-refractivity contribution in [3.05, 3.63) is 57.9 Å². The number of halogens is 2. The van der Waals surface area contributed by atoms with Crippen molar-refractivity contribution in [3.8, 4) is 11.3 Å². The third-order valence-corrected chi connectivity index (χ3v) is 7.90. The number of carbonyl (C=O) groups excluding carboxylic acids is 2. The summed E-state index contributed by atoms with van der Waals surface area (Å²) in [5.74, 6) is 0.289. The van der Waals surface area contributed by atoms with Crippen molar-refractivity contribution < 1.29 is 9.59 Å². The molecular weight excluding hydrogens is 497 g/mol.